The fraction of sp³-hybridized carbons (Fsp3) is 0.588. The molecule has 2 fully saturated rings. The minimum atomic E-state index is -3.00. The van der Waals surface area contributed by atoms with E-state index in [9.17, 15) is 13.2 Å². The van der Waals surface area contributed by atoms with Gasteiger partial charge in [-0.25, -0.2) is 8.42 Å². The minimum Gasteiger partial charge on any atom is -0.496 e. The number of nitrogens with zero attached hydrogens (tertiary/aromatic N) is 1. The zero-order chi connectivity index (χ0) is 16.7. The first kappa shape index (κ1) is 16.3. The maximum atomic E-state index is 13.2. The molecule has 1 amide bonds. The van der Waals surface area contributed by atoms with Crippen molar-refractivity contribution >= 4 is 15.7 Å². The molecule has 2 aliphatic rings. The van der Waals surface area contributed by atoms with Crippen LogP contribution in [-0.2, 0) is 20.0 Å². The van der Waals surface area contributed by atoms with Crippen LogP contribution in [0.15, 0.2) is 24.3 Å². The van der Waals surface area contributed by atoms with E-state index in [1.807, 2.05) is 24.3 Å². The number of methoxy groups -OCH3 is 1. The highest BCUT2D eigenvalue weighted by molar-refractivity contribution is 7.91. The number of carbonyl (C=O) groups excluding carboxylic acids is 1. The summed E-state index contributed by atoms with van der Waals surface area (Å²) in [5, 5.41) is 0. The molecule has 1 saturated carbocycles. The third-order valence-electron chi connectivity index (χ3n) is 5.32. The molecule has 0 bridgehead atoms. The highest BCUT2D eigenvalue weighted by Crippen LogP contribution is 2.48. The van der Waals surface area contributed by atoms with Gasteiger partial charge in [-0.1, -0.05) is 24.6 Å². The van der Waals surface area contributed by atoms with E-state index >= 15 is 0 Å². The molecule has 0 radical (unpaired) electrons. The molecule has 1 unspecified atom stereocenters. The molecule has 1 aromatic rings. The summed E-state index contributed by atoms with van der Waals surface area (Å²) in [5.41, 5.74) is 0.361. The molecular formula is C17H23NO4S. The summed E-state index contributed by atoms with van der Waals surface area (Å²) in [4.78, 5) is 14.9. The van der Waals surface area contributed by atoms with Gasteiger partial charge in [-0.05, 0) is 25.3 Å². The number of amides is 1. The fourth-order valence-corrected chi connectivity index (χ4v) is 5.53. The van der Waals surface area contributed by atoms with Crippen LogP contribution in [0, 0.1) is 0 Å². The Morgan fingerprint density at radius 1 is 1.30 bits per heavy atom. The number of hydrogen-bond donors (Lipinski definition) is 0. The lowest BCUT2D eigenvalue weighted by molar-refractivity contribution is -0.141. The normalized spacial score (nSPS) is 24.7. The Kier molecular flexibility index (Phi) is 4.12. The second-order valence-corrected chi connectivity index (χ2v) is 8.84. The summed E-state index contributed by atoms with van der Waals surface area (Å²) in [6.45, 7) is 0. The quantitative estimate of drug-likeness (QED) is 0.840. The van der Waals surface area contributed by atoms with E-state index in [0.717, 1.165) is 30.6 Å². The van der Waals surface area contributed by atoms with Crippen molar-refractivity contribution < 1.29 is 17.9 Å². The van der Waals surface area contributed by atoms with Gasteiger partial charge >= 0.3 is 0 Å². The van der Waals surface area contributed by atoms with Gasteiger partial charge in [0.05, 0.1) is 24.0 Å². The van der Waals surface area contributed by atoms with Gasteiger partial charge in [0.1, 0.15) is 5.75 Å². The monoisotopic (exact) mass is 337 g/mol. The van der Waals surface area contributed by atoms with E-state index in [1.165, 1.54) is 0 Å². The van der Waals surface area contributed by atoms with Gasteiger partial charge in [0, 0.05) is 18.7 Å². The first-order valence-electron chi connectivity index (χ1n) is 8.01. The van der Waals surface area contributed by atoms with E-state index in [1.54, 1.807) is 19.1 Å². The summed E-state index contributed by atoms with van der Waals surface area (Å²) >= 11 is 0. The molecule has 1 aromatic carbocycles. The summed E-state index contributed by atoms with van der Waals surface area (Å²) in [6.07, 6.45) is 3.11. The number of benzene rings is 1. The molecule has 1 heterocycles. The molecule has 126 valence electrons. The number of likely N-dealkylation sites (N-methyl/N-ethyl adjacent to an activating group) is 1. The second-order valence-electron chi connectivity index (χ2n) is 6.61. The second kappa shape index (κ2) is 5.82. The molecule has 0 spiro atoms. The largest absolute Gasteiger partial charge is 0.496 e. The summed E-state index contributed by atoms with van der Waals surface area (Å²) in [7, 11) is 0.349. The first-order chi connectivity index (χ1) is 10.9. The Labute approximate surface area is 137 Å². The standard InChI is InChI=1S/C17H23NO4S/c1-18(13-8-11-23(20,21)12-13)16(19)17(9-5-10-17)14-6-3-4-7-15(14)22-2/h3-4,6-7,13H,5,8-12H2,1-2H3. The van der Waals surface area contributed by atoms with Crippen molar-refractivity contribution in [1.82, 2.24) is 4.90 Å². The van der Waals surface area contributed by atoms with Gasteiger partial charge in [-0.3, -0.25) is 4.79 Å². The molecule has 0 N–H and O–H groups in total. The van der Waals surface area contributed by atoms with Crippen LogP contribution in [-0.4, -0.2) is 50.9 Å². The molecule has 0 aromatic heterocycles. The Balaban J connectivity index is 1.90. The van der Waals surface area contributed by atoms with Gasteiger partial charge in [0.15, 0.2) is 9.84 Å². The highest BCUT2D eigenvalue weighted by atomic mass is 32.2. The third kappa shape index (κ3) is 2.73. The predicted molar refractivity (Wildman–Crippen MR) is 88.4 cm³/mol. The van der Waals surface area contributed by atoms with E-state index < -0.39 is 15.3 Å². The van der Waals surface area contributed by atoms with E-state index in [2.05, 4.69) is 0 Å². The van der Waals surface area contributed by atoms with E-state index in [-0.39, 0.29) is 23.5 Å². The maximum absolute atomic E-state index is 13.2. The van der Waals surface area contributed by atoms with Gasteiger partial charge in [-0.15, -0.1) is 0 Å². The number of ether oxygens (including phenoxy) is 1. The maximum Gasteiger partial charge on any atom is 0.233 e. The van der Waals surface area contributed by atoms with Crippen molar-refractivity contribution in [3.05, 3.63) is 29.8 Å². The molecule has 1 saturated heterocycles. The average molecular weight is 337 g/mol. The molecule has 5 nitrogen and oxygen atoms in total. The Hall–Kier alpha value is -1.56. The fourth-order valence-electron chi connectivity index (χ4n) is 3.75. The molecular weight excluding hydrogens is 314 g/mol. The zero-order valence-corrected chi connectivity index (χ0v) is 14.4. The lowest BCUT2D eigenvalue weighted by atomic mass is 9.63. The van der Waals surface area contributed by atoms with Crippen LogP contribution in [0.5, 0.6) is 5.75 Å². The predicted octanol–water partition coefficient (Wildman–Crippen LogP) is 1.76. The Morgan fingerprint density at radius 3 is 2.52 bits per heavy atom. The third-order valence-corrected chi connectivity index (χ3v) is 7.07. The van der Waals surface area contributed by atoms with Crippen molar-refractivity contribution in [3.63, 3.8) is 0 Å². The van der Waals surface area contributed by atoms with Crippen LogP contribution in [0.4, 0.5) is 0 Å². The smallest absolute Gasteiger partial charge is 0.233 e. The molecule has 23 heavy (non-hydrogen) atoms. The molecule has 6 heteroatoms. The van der Waals surface area contributed by atoms with Gasteiger partial charge in [-0.2, -0.15) is 0 Å². The number of rotatable bonds is 4. The number of hydrogen-bond acceptors (Lipinski definition) is 4. The summed E-state index contributed by atoms with van der Waals surface area (Å²) in [5.74, 6) is 1.01. The van der Waals surface area contributed by atoms with Crippen LogP contribution in [0.1, 0.15) is 31.2 Å². The number of sulfone groups is 1. The zero-order valence-electron chi connectivity index (χ0n) is 13.6. The van der Waals surface area contributed by atoms with Gasteiger partial charge in [0.25, 0.3) is 0 Å². The van der Waals surface area contributed by atoms with Crippen molar-refractivity contribution in [1.29, 1.82) is 0 Å². The van der Waals surface area contributed by atoms with Crippen molar-refractivity contribution in [2.24, 2.45) is 0 Å². The molecule has 1 atom stereocenters. The SMILES string of the molecule is COc1ccccc1C1(C(=O)N(C)C2CCS(=O)(=O)C2)CCC1. The minimum absolute atomic E-state index is 0.0235. The van der Waals surface area contributed by atoms with Crippen molar-refractivity contribution in [3.8, 4) is 5.75 Å². The lowest BCUT2D eigenvalue weighted by Gasteiger charge is -2.44. The van der Waals surface area contributed by atoms with Crippen molar-refractivity contribution in [2.75, 3.05) is 25.7 Å². The van der Waals surface area contributed by atoms with Crippen LogP contribution in [0.3, 0.4) is 0 Å². The molecule has 3 rings (SSSR count). The topological polar surface area (TPSA) is 63.7 Å². The van der Waals surface area contributed by atoms with Gasteiger partial charge < -0.3 is 9.64 Å². The van der Waals surface area contributed by atoms with E-state index in [4.69, 9.17) is 4.74 Å². The molecule has 1 aliphatic carbocycles. The highest BCUT2D eigenvalue weighted by Gasteiger charge is 2.50. The summed E-state index contributed by atoms with van der Waals surface area (Å²) in [6, 6.07) is 7.44. The number of para-hydroxylation sites is 1. The average Bonchev–Trinajstić information content (AvgIpc) is 2.86. The van der Waals surface area contributed by atoms with Crippen LogP contribution < -0.4 is 4.74 Å². The van der Waals surface area contributed by atoms with Crippen molar-refractivity contribution in [2.45, 2.75) is 37.1 Å². The Morgan fingerprint density at radius 2 is 2.00 bits per heavy atom. The molecule has 1 aliphatic heterocycles. The van der Waals surface area contributed by atoms with Gasteiger partial charge in [0.2, 0.25) is 5.91 Å². The van der Waals surface area contributed by atoms with Crippen LogP contribution >= 0.6 is 0 Å². The van der Waals surface area contributed by atoms with Crippen LogP contribution in [0.25, 0.3) is 0 Å². The van der Waals surface area contributed by atoms with Crippen LogP contribution in [0.2, 0.25) is 0 Å². The number of carbonyl (C=O) groups is 1. The summed E-state index contributed by atoms with van der Waals surface area (Å²) < 4.78 is 28.9. The first-order valence-corrected chi connectivity index (χ1v) is 9.83. The lowest BCUT2D eigenvalue weighted by Crippen LogP contribution is -2.53. The van der Waals surface area contributed by atoms with E-state index in [0.29, 0.717) is 6.42 Å². The Bertz CT molecular complexity index is 709.